The van der Waals surface area contributed by atoms with E-state index >= 15 is 0 Å². The average molecular weight is 314 g/mol. The van der Waals surface area contributed by atoms with Crippen LogP contribution in [0.15, 0.2) is 18.2 Å². The number of nitrogens with one attached hydrogen (secondary N) is 1. The second-order valence-corrected chi connectivity index (χ2v) is 5.41. The number of carbonyl (C=O) groups excluding carboxylic acids is 1. The van der Waals surface area contributed by atoms with Gasteiger partial charge in [-0.25, -0.2) is 0 Å². The highest BCUT2D eigenvalue weighted by Gasteiger charge is 2.38. The minimum atomic E-state index is -2.91. The molecular formula is C15H20F2N2O3. The summed E-state index contributed by atoms with van der Waals surface area (Å²) in [6, 6.07) is 4.66. The lowest BCUT2D eigenvalue weighted by Gasteiger charge is -2.34. The maximum atomic E-state index is 12.5. The van der Waals surface area contributed by atoms with Gasteiger partial charge in [0.1, 0.15) is 5.75 Å². The Kier molecular flexibility index (Phi) is 5.31. The Hall–Kier alpha value is -1.73. The fraction of sp³-hybridized carbons (Fsp3) is 0.533. The van der Waals surface area contributed by atoms with E-state index in [9.17, 15) is 13.6 Å². The summed E-state index contributed by atoms with van der Waals surface area (Å²) >= 11 is 0. The molecule has 1 aliphatic rings. The normalized spacial score (nSPS) is 17.3. The molecule has 2 rings (SSSR count). The highest BCUT2D eigenvalue weighted by Crippen LogP contribution is 2.32. The van der Waals surface area contributed by atoms with E-state index in [0.717, 1.165) is 0 Å². The molecule has 0 spiro atoms. The molecule has 1 aromatic rings. The minimum Gasteiger partial charge on any atom is -0.434 e. The highest BCUT2D eigenvalue weighted by molar-refractivity contribution is 5.95. The van der Waals surface area contributed by atoms with E-state index in [1.807, 2.05) is 0 Å². The summed E-state index contributed by atoms with van der Waals surface area (Å²) in [7, 11) is 0. The molecule has 0 atom stereocenters. The molecule has 0 unspecified atom stereocenters. The summed E-state index contributed by atoms with van der Waals surface area (Å²) in [5.41, 5.74) is 6.07. The molecular weight excluding hydrogens is 294 g/mol. The average Bonchev–Trinajstić information content (AvgIpc) is 2.50. The van der Waals surface area contributed by atoms with Crippen LogP contribution in [0.4, 0.5) is 14.5 Å². The number of hydrogen-bond donors (Lipinski definition) is 2. The summed E-state index contributed by atoms with van der Waals surface area (Å²) < 4.78 is 34.4. The van der Waals surface area contributed by atoms with Crippen LogP contribution in [0.25, 0.3) is 0 Å². The van der Waals surface area contributed by atoms with Gasteiger partial charge < -0.3 is 20.5 Å². The topological polar surface area (TPSA) is 73.6 Å². The number of benzene rings is 1. The van der Waals surface area contributed by atoms with Crippen LogP contribution < -0.4 is 15.8 Å². The molecule has 0 bridgehead atoms. The number of rotatable bonds is 5. The molecule has 5 nitrogen and oxygen atoms in total. The monoisotopic (exact) mass is 314 g/mol. The van der Waals surface area contributed by atoms with Crippen LogP contribution in [0.2, 0.25) is 0 Å². The Morgan fingerprint density at radius 1 is 1.45 bits per heavy atom. The van der Waals surface area contributed by atoms with Crippen LogP contribution in [-0.4, -0.2) is 32.3 Å². The van der Waals surface area contributed by atoms with Crippen molar-refractivity contribution >= 4 is 11.6 Å². The zero-order chi connectivity index (χ0) is 16.2. The van der Waals surface area contributed by atoms with Crippen LogP contribution >= 0.6 is 0 Å². The molecule has 22 heavy (non-hydrogen) atoms. The first-order chi connectivity index (χ1) is 10.5. The number of ether oxygens (including phenoxy) is 2. The summed E-state index contributed by atoms with van der Waals surface area (Å²) in [5, 5.41) is 2.74. The molecule has 122 valence electrons. The lowest BCUT2D eigenvalue weighted by atomic mass is 9.79. The number of hydrogen-bond acceptors (Lipinski definition) is 4. The van der Waals surface area contributed by atoms with Gasteiger partial charge >= 0.3 is 6.61 Å². The third-order valence-electron chi connectivity index (χ3n) is 3.98. The number of anilines is 1. The van der Waals surface area contributed by atoms with Crippen LogP contribution in [-0.2, 0) is 9.53 Å². The molecule has 1 fully saturated rings. The van der Waals surface area contributed by atoms with Crippen LogP contribution in [0.3, 0.4) is 0 Å². The fourth-order valence-electron chi connectivity index (χ4n) is 2.45. The van der Waals surface area contributed by atoms with Gasteiger partial charge in [-0.15, -0.1) is 0 Å². The van der Waals surface area contributed by atoms with Gasteiger partial charge in [0.05, 0.1) is 5.41 Å². The highest BCUT2D eigenvalue weighted by atomic mass is 19.3. The van der Waals surface area contributed by atoms with E-state index < -0.39 is 12.0 Å². The Labute approximate surface area is 127 Å². The third-order valence-corrected chi connectivity index (χ3v) is 3.98. The standard InChI is InChI=1S/C15H20F2N2O3/c1-10-2-3-11(8-12(10)22-14(16)17)19-13(20)15(9-18)4-6-21-7-5-15/h2-3,8,14H,4-7,9,18H2,1H3,(H,19,20). The largest absolute Gasteiger partial charge is 0.434 e. The lowest BCUT2D eigenvalue weighted by Crippen LogP contribution is -2.46. The molecule has 7 heteroatoms. The summed E-state index contributed by atoms with van der Waals surface area (Å²) in [6.45, 7) is -0.0655. The predicted octanol–water partition coefficient (Wildman–Crippen LogP) is 2.29. The van der Waals surface area contributed by atoms with Gasteiger partial charge in [-0.05, 0) is 31.4 Å². The molecule has 3 N–H and O–H groups in total. The lowest BCUT2D eigenvalue weighted by molar-refractivity contribution is -0.130. The molecule has 1 amide bonds. The number of amides is 1. The second kappa shape index (κ2) is 7.02. The SMILES string of the molecule is Cc1ccc(NC(=O)C2(CN)CCOCC2)cc1OC(F)F. The summed E-state index contributed by atoms with van der Waals surface area (Å²) in [5.74, 6) is -0.174. The van der Waals surface area contributed by atoms with Crippen molar-refractivity contribution in [2.24, 2.45) is 11.1 Å². The van der Waals surface area contributed by atoms with Crippen LogP contribution in [0.5, 0.6) is 5.75 Å². The van der Waals surface area contributed by atoms with Crippen molar-refractivity contribution in [3.05, 3.63) is 23.8 Å². The Morgan fingerprint density at radius 3 is 2.73 bits per heavy atom. The number of halogens is 2. The van der Waals surface area contributed by atoms with Gasteiger partial charge in [-0.3, -0.25) is 4.79 Å². The number of carbonyl (C=O) groups is 1. The van der Waals surface area contributed by atoms with E-state index in [1.54, 1.807) is 19.1 Å². The van der Waals surface area contributed by atoms with Crippen molar-refractivity contribution in [3.63, 3.8) is 0 Å². The minimum absolute atomic E-state index is 0.0431. The summed E-state index contributed by atoms with van der Waals surface area (Å²) in [4.78, 5) is 12.5. The first kappa shape index (κ1) is 16.6. The van der Waals surface area contributed by atoms with Crippen LogP contribution in [0.1, 0.15) is 18.4 Å². The van der Waals surface area contributed by atoms with Crippen molar-refractivity contribution in [2.45, 2.75) is 26.4 Å². The first-order valence-electron chi connectivity index (χ1n) is 7.11. The molecule has 0 saturated carbocycles. The van der Waals surface area contributed by atoms with Gasteiger partial charge in [0, 0.05) is 31.5 Å². The van der Waals surface area contributed by atoms with Crippen LogP contribution in [0, 0.1) is 12.3 Å². The zero-order valence-electron chi connectivity index (χ0n) is 12.4. The van der Waals surface area contributed by atoms with Crippen molar-refractivity contribution in [2.75, 3.05) is 25.1 Å². The predicted molar refractivity (Wildman–Crippen MR) is 78.0 cm³/mol. The molecule has 1 aromatic carbocycles. The Balaban J connectivity index is 2.13. The van der Waals surface area contributed by atoms with E-state index in [2.05, 4.69) is 10.1 Å². The van der Waals surface area contributed by atoms with Gasteiger partial charge in [0.2, 0.25) is 5.91 Å². The first-order valence-corrected chi connectivity index (χ1v) is 7.11. The molecule has 1 aliphatic heterocycles. The maximum absolute atomic E-state index is 12.5. The Morgan fingerprint density at radius 2 is 2.14 bits per heavy atom. The quantitative estimate of drug-likeness (QED) is 0.874. The molecule has 1 heterocycles. The maximum Gasteiger partial charge on any atom is 0.387 e. The van der Waals surface area contributed by atoms with Gasteiger partial charge in [-0.1, -0.05) is 6.07 Å². The number of alkyl halides is 2. The van der Waals surface area contributed by atoms with Gasteiger partial charge in [0.15, 0.2) is 0 Å². The van der Waals surface area contributed by atoms with E-state index in [1.165, 1.54) is 6.07 Å². The molecule has 0 aromatic heterocycles. The second-order valence-electron chi connectivity index (χ2n) is 5.41. The third kappa shape index (κ3) is 3.72. The van der Waals surface area contributed by atoms with E-state index in [0.29, 0.717) is 37.3 Å². The van der Waals surface area contributed by atoms with Gasteiger partial charge in [-0.2, -0.15) is 8.78 Å². The number of nitrogens with two attached hydrogens (primary N) is 1. The smallest absolute Gasteiger partial charge is 0.387 e. The van der Waals surface area contributed by atoms with Crippen molar-refractivity contribution in [3.8, 4) is 5.75 Å². The molecule has 0 aliphatic carbocycles. The summed E-state index contributed by atoms with van der Waals surface area (Å²) in [6.07, 6.45) is 1.09. The molecule has 1 saturated heterocycles. The van der Waals surface area contributed by atoms with E-state index in [4.69, 9.17) is 10.5 Å². The van der Waals surface area contributed by atoms with Crippen molar-refractivity contribution in [1.29, 1.82) is 0 Å². The van der Waals surface area contributed by atoms with Crippen molar-refractivity contribution < 1.29 is 23.0 Å². The number of aryl methyl sites for hydroxylation is 1. The van der Waals surface area contributed by atoms with Gasteiger partial charge in [0.25, 0.3) is 0 Å². The Bertz CT molecular complexity index is 532. The zero-order valence-corrected chi connectivity index (χ0v) is 12.4. The van der Waals surface area contributed by atoms with Crippen molar-refractivity contribution in [1.82, 2.24) is 0 Å². The van der Waals surface area contributed by atoms with E-state index in [-0.39, 0.29) is 18.2 Å². The molecule has 0 radical (unpaired) electrons. The fourth-order valence-corrected chi connectivity index (χ4v) is 2.45.